The highest BCUT2D eigenvalue weighted by Gasteiger charge is 2.13. The molecule has 0 aliphatic heterocycles. The topological polar surface area (TPSA) is 107 Å². The van der Waals surface area contributed by atoms with Gasteiger partial charge in [-0.2, -0.15) is 0 Å². The molecule has 0 atom stereocenters. The van der Waals surface area contributed by atoms with Gasteiger partial charge in [0.15, 0.2) is 17.5 Å². The lowest BCUT2D eigenvalue weighted by molar-refractivity contribution is 0.256. The molecule has 3 rings (SSSR count). The van der Waals surface area contributed by atoms with E-state index in [1.54, 1.807) is 18.0 Å². The van der Waals surface area contributed by atoms with Crippen LogP contribution in [0.25, 0.3) is 0 Å². The predicted octanol–water partition coefficient (Wildman–Crippen LogP) is 3.70. The second-order valence-electron chi connectivity index (χ2n) is 6.63. The number of guanidine groups is 2. The van der Waals surface area contributed by atoms with E-state index < -0.39 is 0 Å². The van der Waals surface area contributed by atoms with Crippen LogP contribution >= 0.6 is 0 Å². The van der Waals surface area contributed by atoms with Crippen molar-refractivity contribution in [1.29, 1.82) is 10.8 Å². The van der Waals surface area contributed by atoms with Crippen molar-refractivity contribution in [3.05, 3.63) is 90.0 Å². The summed E-state index contributed by atoms with van der Waals surface area (Å²) in [5, 5.41) is 17.8. The summed E-state index contributed by atoms with van der Waals surface area (Å²) in [6.07, 6.45) is 0. The van der Waals surface area contributed by atoms with Crippen LogP contribution in [0.15, 0.2) is 78.9 Å². The Morgan fingerprint density at radius 1 is 0.833 bits per heavy atom. The molecule has 7 heteroatoms. The lowest BCUT2D eigenvalue weighted by Gasteiger charge is -2.22. The number of nitrogens with zero attached hydrogens (tertiary/aromatic N) is 1. The van der Waals surface area contributed by atoms with Gasteiger partial charge >= 0.3 is 0 Å². The first kappa shape index (κ1) is 20.7. The van der Waals surface area contributed by atoms with E-state index >= 15 is 0 Å². The van der Waals surface area contributed by atoms with Crippen LogP contribution in [0.1, 0.15) is 11.1 Å². The molecule has 3 aromatic rings. The maximum atomic E-state index is 8.04. The third kappa shape index (κ3) is 5.75. The van der Waals surface area contributed by atoms with Gasteiger partial charge < -0.3 is 20.1 Å². The van der Waals surface area contributed by atoms with Crippen LogP contribution < -0.4 is 25.4 Å². The van der Waals surface area contributed by atoms with Crippen molar-refractivity contribution in [2.45, 2.75) is 13.2 Å². The minimum atomic E-state index is -0.296. The van der Waals surface area contributed by atoms with Gasteiger partial charge in [-0.05, 0) is 23.3 Å². The quantitative estimate of drug-likeness (QED) is 0.355. The third-order valence-electron chi connectivity index (χ3n) is 4.38. The fourth-order valence-corrected chi connectivity index (χ4v) is 2.75. The van der Waals surface area contributed by atoms with Gasteiger partial charge in [0.05, 0.1) is 0 Å². The molecule has 0 aliphatic carbocycles. The molecule has 0 saturated heterocycles. The lowest BCUT2D eigenvalue weighted by Crippen LogP contribution is -2.44. The standard InChI is InChI=1S/C23H25N5O2/c1-28(23(26)27-22(24)25)19-12-13-20(29-15-17-8-4-2-5-9-17)21(14-19)30-16-18-10-6-3-7-11-18/h2-14H,15-16H2,1H3,(H5,24,25,26,27). The first-order valence-electron chi connectivity index (χ1n) is 9.44. The van der Waals surface area contributed by atoms with Crippen LogP contribution in [0.2, 0.25) is 0 Å². The van der Waals surface area contributed by atoms with Gasteiger partial charge in [0.1, 0.15) is 13.2 Å². The smallest absolute Gasteiger partial charge is 0.202 e. The van der Waals surface area contributed by atoms with Crippen LogP contribution in [0, 0.1) is 10.8 Å². The van der Waals surface area contributed by atoms with E-state index in [-0.39, 0.29) is 11.9 Å². The molecular formula is C23H25N5O2. The van der Waals surface area contributed by atoms with Crippen molar-refractivity contribution in [1.82, 2.24) is 5.32 Å². The number of hydrogen-bond acceptors (Lipinski definition) is 4. The van der Waals surface area contributed by atoms with E-state index in [2.05, 4.69) is 5.32 Å². The Kier molecular flexibility index (Phi) is 6.89. The Balaban J connectivity index is 1.80. The zero-order valence-corrected chi connectivity index (χ0v) is 16.8. The summed E-state index contributed by atoms with van der Waals surface area (Å²) in [7, 11) is 1.71. The number of hydrogen-bond donors (Lipinski definition) is 4. The number of nitrogens with one attached hydrogen (secondary N) is 3. The molecule has 0 aromatic heterocycles. The molecule has 5 N–H and O–H groups in total. The van der Waals surface area contributed by atoms with Crippen molar-refractivity contribution >= 4 is 17.6 Å². The largest absolute Gasteiger partial charge is 0.485 e. The van der Waals surface area contributed by atoms with Gasteiger partial charge in [0.25, 0.3) is 0 Å². The Bertz CT molecular complexity index is 993. The van der Waals surface area contributed by atoms with E-state index in [9.17, 15) is 0 Å². The SMILES string of the molecule is CN(C(=N)NC(=N)N)c1ccc(OCc2ccccc2)c(OCc2ccccc2)c1. The summed E-state index contributed by atoms with van der Waals surface area (Å²) in [4.78, 5) is 1.57. The molecule has 7 nitrogen and oxygen atoms in total. The zero-order valence-electron chi connectivity index (χ0n) is 16.8. The Labute approximate surface area is 176 Å². The van der Waals surface area contributed by atoms with Crippen molar-refractivity contribution in [2.75, 3.05) is 11.9 Å². The van der Waals surface area contributed by atoms with Crippen molar-refractivity contribution < 1.29 is 9.47 Å². The third-order valence-corrected chi connectivity index (χ3v) is 4.38. The van der Waals surface area contributed by atoms with Crippen LogP contribution in [0.4, 0.5) is 5.69 Å². The average Bonchev–Trinajstić information content (AvgIpc) is 2.77. The van der Waals surface area contributed by atoms with Crippen molar-refractivity contribution in [2.24, 2.45) is 5.73 Å². The highest BCUT2D eigenvalue weighted by atomic mass is 16.5. The van der Waals surface area contributed by atoms with Crippen LogP contribution in [-0.2, 0) is 13.2 Å². The number of nitrogens with two attached hydrogens (primary N) is 1. The Hall–Kier alpha value is -4.00. The Morgan fingerprint density at radius 3 is 1.90 bits per heavy atom. The number of ether oxygens (including phenoxy) is 2. The molecule has 0 bridgehead atoms. The zero-order chi connectivity index (χ0) is 21.3. The normalized spacial score (nSPS) is 10.2. The Morgan fingerprint density at radius 2 is 1.37 bits per heavy atom. The molecule has 0 fully saturated rings. The lowest BCUT2D eigenvalue weighted by atomic mass is 10.2. The van der Waals surface area contributed by atoms with E-state index in [1.807, 2.05) is 72.8 Å². The van der Waals surface area contributed by atoms with Crippen LogP contribution in [0.5, 0.6) is 11.5 Å². The molecule has 3 aromatic carbocycles. The van der Waals surface area contributed by atoms with Gasteiger partial charge in [-0.15, -0.1) is 0 Å². The summed E-state index contributed by atoms with van der Waals surface area (Å²) in [6, 6.07) is 25.2. The molecule has 30 heavy (non-hydrogen) atoms. The molecule has 0 saturated carbocycles. The minimum absolute atomic E-state index is 0.0190. The van der Waals surface area contributed by atoms with Gasteiger partial charge in [-0.1, -0.05) is 60.7 Å². The van der Waals surface area contributed by atoms with Crippen molar-refractivity contribution in [3.8, 4) is 11.5 Å². The van der Waals surface area contributed by atoms with Gasteiger partial charge in [0, 0.05) is 18.8 Å². The molecule has 0 amide bonds. The molecule has 0 radical (unpaired) electrons. The second kappa shape index (κ2) is 9.97. The maximum absolute atomic E-state index is 8.04. The molecule has 0 heterocycles. The van der Waals surface area contributed by atoms with Gasteiger partial charge in [0.2, 0.25) is 5.96 Å². The fourth-order valence-electron chi connectivity index (χ4n) is 2.75. The molecule has 0 aliphatic rings. The summed E-state index contributed by atoms with van der Waals surface area (Å²) < 4.78 is 12.1. The number of rotatable bonds is 7. The van der Waals surface area contributed by atoms with E-state index in [1.165, 1.54) is 0 Å². The van der Waals surface area contributed by atoms with Gasteiger partial charge in [-0.25, -0.2) is 0 Å². The summed E-state index contributed by atoms with van der Waals surface area (Å²) in [5.74, 6) is 0.859. The van der Waals surface area contributed by atoms with Crippen molar-refractivity contribution in [3.63, 3.8) is 0 Å². The molecule has 154 valence electrons. The summed E-state index contributed by atoms with van der Waals surface area (Å²) in [5.41, 5.74) is 8.12. The average molecular weight is 403 g/mol. The number of benzene rings is 3. The van der Waals surface area contributed by atoms with Crippen LogP contribution in [-0.4, -0.2) is 19.0 Å². The summed E-state index contributed by atoms with van der Waals surface area (Å²) >= 11 is 0. The first-order valence-corrected chi connectivity index (χ1v) is 9.44. The minimum Gasteiger partial charge on any atom is -0.485 e. The van der Waals surface area contributed by atoms with E-state index in [4.69, 9.17) is 26.0 Å². The maximum Gasteiger partial charge on any atom is 0.202 e. The predicted molar refractivity (Wildman–Crippen MR) is 119 cm³/mol. The second-order valence-corrected chi connectivity index (χ2v) is 6.63. The van der Waals surface area contributed by atoms with Gasteiger partial charge in [-0.3, -0.25) is 16.1 Å². The first-order chi connectivity index (χ1) is 14.5. The van der Waals surface area contributed by atoms with E-state index in [0.717, 1.165) is 11.1 Å². The monoisotopic (exact) mass is 403 g/mol. The van der Waals surface area contributed by atoms with E-state index in [0.29, 0.717) is 30.4 Å². The fraction of sp³-hybridized carbons (Fsp3) is 0.130. The summed E-state index contributed by atoms with van der Waals surface area (Å²) in [6.45, 7) is 0.804. The van der Waals surface area contributed by atoms with Crippen LogP contribution in [0.3, 0.4) is 0 Å². The molecule has 0 unspecified atom stereocenters. The molecule has 0 spiro atoms. The number of anilines is 1. The highest BCUT2D eigenvalue weighted by molar-refractivity contribution is 6.03. The molecular weight excluding hydrogens is 378 g/mol. The highest BCUT2D eigenvalue weighted by Crippen LogP contribution is 2.33.